The van der Waals surface area contributed by atoms with Crippen molar-refractivity contribution in [2.45, 2.75) is 12.7 Å². The molecule has 0 bridgehead atoms. The zero-order valence-electron chi connectivity index (χ0n) is 11.1. The van der Waals surface area contributed by atoms with Crippen molar-refractivity contribution in [2.75, 3.05) is 13.7 Å². The molecule has 1 atom stereocenters. The average molecular weight is 273 g/mol. The fourth-order valence-corrected chi connectivity index (χ4v) is 2.08. The Labute approximate surface area is 116 Å². The Balaban J connectivity index is 1.83. The molecule has 0 saturated carbocycles. The van der Waals surface area contributed by atoms with Crippen LogP contribution in [-0.4, -0.2) is 23.8 Å². The maximum atomic E-state index is 9.16. The lowest BCUT2D eigenvalue weighted by Gasteiger charge is -2.27. The number of methoxy groups -OCH3 is 1. The molecule has 0 aliphatic carbocycles. The highest BCUT2D eigenvalue weighted by Crippen LogP contribution is 2.37. The molecule has 3 rings (SSSR count). The summed E-state index contributed by atoms with van der Waals surface area (Å²) >= 11 is 0. The van der Waals surface area contributed by atoms with Crippen molar-refractivity contribution < 1.29 is 19.3 Å². The van der Waals surface area contributed by atoms with Gasteiger partial charge in [0.2, 0.25) is 5.88 Å². The van der Waals surface area contributed by atoms with E-state index in [1.54, 1.807) is 25.4 Å². The first-order valence-electron chi connectivity index (χ1n) is 6.33. The van der Waals surface area contributed by atoms with Crippen LogP contribution in [0.15, 0.2) is 36.5 Å². The van der Waals surface area contributed by atoms with Gasteiger partial charge in [-0.1, -0.05) is 6.07 Å². The number of benzene rings is 1. The Morgan fingerprint density at radius 2 is 2.20 bits per heavy atom. The van der Waals surface area contributed by atoms with Gasteiger partial charge in [-0.25, -0.2) is 4.98 Å². The molecule has 5 nitrogen and oxygen atoms in total. The standard InChI is InChI=1S/C15H15NO4/c1-18-15-5-3-11(7-16-15)14-9-19-12-4-2-10(8-17)6-13(12)20-14/h2-7,14,17H,8-9H2,1H3. The highest BCUT2D eigenvalue weighted by molar-refractivity contribution is 5.44. The number of fused-ring (bicyclic) bond motifs is 1. The van der Waals surface area contributed by atoms with Crippen LogP contribution in [0.1, 0.15) is 17.2 Å². The summed E-state index contributed by atoms with van der Waals surface area (Å²) in [6.07, 6.45) is 1.50. The fourth-order valence-electron chi connectivity index (χ4n) is 2.08. The first-order chi connectivity index (χ1) is 9.80. The molecular formula is C15H15NO4. The molecule has 2 heterocycles. The minimum atomic E-state index is -0.213. The van der Waals surface area contributed by atoms with Gasteiger partial charge in [-0.3, -0.25) is 0 Å². The quantitative estimate of drug-likeness (QED) is 0.928. The van der Waals surface area contributed by atoms with Crippen LogP contribution in [0.3, 0.4) is 0 Å². The molecule has 1 aliphatic heterocycles. The first kappa shape index (κ1) is 12.7. The molecule has 1 aromatic heterocycles. The van der Waals surface area contributed by atoms with Crippen molar-refractivity contribution >= 4 is 0 Å². The fraction of sp³-hybridized carbons (Fsp3) is 0.267. The smallest absolute Gasteiger partial charge is 0.212 e. The van der Waals surface area contributed by atoms with Crippen molar-refractivity contribution in [1.29, 1.82) is 0 Å². The number of hydrogen-bond donors (Lipinski definition) is 1. The van der Waals surface area contributed by atoms with Crippen LogP contribution in [0, 0.1) is 0 Å². The molecule has 104 valence electrons. The lowest BCUT2D eigenvalue weighted by atomic mass is 10.1. The summed E-state index contributed by atoms with van der Waals surface area (Å²) < 4.78 is 16.6. The molecule has 0 spiro atoms. The third-order valence-electron chi connectivity index (χ3n) is 3.19. The van der Waals surface area contributed by atoms with Gasteiger partial charge < -0.3 is 19.3 Å². The van der Waals surface area contributed by atoms with Crippen LogP contribution in [0.5, 0.6) is 17.4 Å². The Kier molecular flexibility index (Phi) is 3.43. The van der Waals surface area contributed by atoms with Crippen molar-refractivity contribution in [1.82, 2.24) is 4.98 Å². The zero-order chi connectivity index (χ0) is 13.9. The molecular weight excluding hydrogens is 258 g/mol. The molecule has 1 aliphatic rings. The molecule has 0 radical (unpaired) electrons. The van der Waals surface area contributed by atoms with E-state index in [-0.39, 0.29) is 12.7 Å². The summed E-state index contributed by atoms with van der Waals surface area (Å²) in [4.78, 5) is 4.16. The third-order valence-corrected chi connectivity index (χ3v) is 3.19. The third kappa shape index (κ3) is 2.40. The highest BCUT2D eigenvalue weighted by Gasteiger charge is 2.23. The van der Waals surface area contributed by atoms with E-state index >= 15 is 0 Å². The maximum absolute atomic E-state index is 9.16. The number of pyridine rings is 1. The second-order valence-electron chi connectivity index (χ2n) is 4.49. The lowest BCUT2D eigenvalue weighted by Crippen LogP contribution is -2.21. The van der Waals surface area contributed by atoms with Crippen molar-refractivity contribution in [3.05, 3.63) is 47.7 Å². The molecule has 1 N–H and O–H groups in total. The Morgan fingerprint density at radius 1 is 1.30 bits per heavy atom. The SMILES string of the molecule is COc1ccc(C2COc3ccc(CO)cc3O2)cn1. The number of aromatic nitrogens is 1. The second kappa shape index (κ2) is 5.38. The summed E-state index contributed by atoms with van der Waals surface area (Å²) in [5.41, 5.74) is 1.71. The van der Waals surface area contributed by atoms with Crippen LogP contribution in [-0.2, 0) is 6.61 Å². The number of aliphatic hydroxyl groups is 1. The van der Waals surface area contributed by atoms with Gasteiger partial charge in [-0.15, -0.1) is 0 Å². The van der Waals surface area contributed by atoms with Crippen LogP contribution in [0.25, 0.3) is 0 Å². The van der Waals surface area contributed by atoms with E-state index in [4.69, 9.17) is 19.3 Å². The van der Waals surface area contributed by atoms with E-state index in [9.17, 15) is 0 Å². The highest BCUT2D eigenvalue weighted by atomic mass is 16.6. The van der Waals surface area contributed by atoms with Crippen molar-refractivity contribution in [3.63, 3.8) is 0 Å². The lowest BCUT2D eigenvalue weighted by molar-refractivity contribution is 0.0906. The van der Waals surface area contributed by atoms with Crippen LogP contribution >= 0.6 is 0 Å². The van der Waals surface area contributed by atoms with Crippen LogP contribution in [0.2, 0.25) is 0 Å². The van der Waals surface area contributed by atoms with Crippen LogP contribution in [0.4, 0.5) is 0 Å². The minimum absolute atomic E-state index is 0.0224. The Morgan fingerprint density at radius 3 is 2.90 bits per heavy atom. The summed E-state index contributed by atoms with van der Waals surface area (Å²) in [6.45, 7) is 0.408. The molecule has 2 aromatic rings. The van der Waals surface area contributed by atoms with E-state index < -0.39 is 0 Å². The largest absolute Gasteiger partial charge is 0.485 e. The Hall–Kier alpha value is -2.27. The van der Waals surface area contributed by atoms with E-state index in [0.29, 0.717) is 24.0 Å². The van der Waals surface area contributed by atoms with Gasteiger partial charge in [0.05, 0.1) is 13.7 Å². The molecule has 1 aromatic carbocycles. The van der Waals surface area contributed by atoms with E-state index in [2.05, 4.69) is 4.98 Å². The molecule has 0 saturated heterocycles. The van der Waals surface area contributed by atoms with Gasteiger partial charge in [0.25, 0.3) is 0 Å². The predicted molar refractivity (Wildman–Crippen MR) is 72.0 cm³/mol. The minimum Gasteiger partial charge on any atom is -0.485 e. The number of nitrogens with zero attached hydrogens (tertiary/aromatic N) is 1. The zero-order valence-corrected chi connectivity index (χ0v) is 11.1. The molecule has 0 fully saturated rings. The second-order valence-corrected chi connectivity index (χ2v) is 4.49. The van der Waals surface area contributed by atoms with Gasteiger partial charge in [-0.05, 0) is 23.8 Å². The van der Waals surface area contributed by atoms with Gasteiger partial charge >= 0.3 is 0 Å². The average Bonchev–Trinajstić information content (AvgIpc) is 2.54. The van der Waals surface area contributed by atoms with Gasteiger partial charge in [0.1, 0.15) is 6.61 Å². The van der Waals surface area contributed by atoms with Crippen LogP contribution < -0.4 is 14.2 Å². The van der Waals surface area contributed by atoms with Crippen molar-refractivity contribution in [3.8, 4) is 17.4 Å². The van der Waals surface area contributed by atoms with Gasteiger partial charge in [-0.2, -0.15) is 0 Å². The summed E-state index contributed by atoms with van der Waals surface area (Å²) in [5, 5.41) is 9.16. The van der Waals surface area contributed by atoms with Gasteiger partial charge in [0, 0.05) is 17.8 Å². The molecule has 1 unspecified atom stereocenters. The first-order valence-corrected chi connectivity index (χ1v) is 6.33. The topological polar surface area (TPSA) is 60.8 Å². The maximum Gasteiger partial charge on any atom is 0.212 e. The van der Waals surface area contributed by atoms with Gasteiger partial charge in [0.15, 0.2) is 17.6 Å². The summed E-state index contributed by atoms with van der Waals surface area (Å²) in [7, 11) is 1.58. The molecule has 0 amide bonds. The molecule has 5 heteroatoms. The molecule has 20 heavy (non-hydrogen) atoms. The van der Waals surface area contributed by atoms with E-state index in [1.165, 1.54) is 0 Å². The number of rotatable bonds is 3. The Bertz CT molecular complexity index is 597. The normalized spacial score (nSPS) is 16.8. The monoisotopic (exact) mass is 273 g/mol. The predicted octanol–water partition coefficient (Wildman–Crippen LogP) is 2.09. The van der Waals surface area contributed by atoms with E-state index in [1.807, 2.05) is 18.2 Å². The van der Waals surface area contributed by atoms with E-state index in [0.717, 1.165) is 11.1 Å². The summed E-state index contributed by atoms with van der Waals surface area (Å²) in [6, 6.07) is 9.11. The number of hydrogen-bond acceptors (Lipinski definition) is 5. The number of ether oxygens (including phenoxy) is 3. The number of aliphatic hydroxyl groups excluding tert-OH is 1. The summed E-state index contributed by atoms with van der Waals surface area (Å²) in [5.74, 6) is 1.90. The van der Waals surface area contributed by atoms with Crippen molar-refractivity contribution in [2.24, 2.45) is 0 Å².